The summed E-state index contributed by atoms with van der Waals surface area (Å²) in [5.74, 6) is 3.96. The first-order chi connectivity index (χ1) is 16.4. The summed E-state index contributed by atoms with van der Waals surface area (Å²) in [5.41, 5.74) is 0. The Balaban J connectivity index is 1.27. The van der Waals surface area contributed by atoms with E-state index in [0.29, 0.717) is 9.16 Å². The predicted octanol–water partition coefficient (Wildman–Crippen LogP) is 8.73. The lowest BCUT2D eigenvalue weighted by Crippen LogP contribution is -2.20. The summed E-state index contributed by atoms with van der Waals surface area (Å²) in [6.45, 7) is 11.5. The molecule has 0 radical (unpaired) electrons. The molecule has 188 valence electrons. The smallest absolute Gasteiger partial charge is 0.211 e. The lowest BCUT2D eigenvalue weighted by molar-refractivity contribution is -0.107. The Bertz CT molecular complexity index is 761. The standard InChI is InChI=1S/C24H32O2S8/c1-5-21(25)29-11-19-15(3)31-23(33-19)13-27-17-7-9-18(10-8-17)28-14-24-32-16(4)20(34-24)12-30-22(26)6-2/h5-6,17-18,23-24H,1-2,7-14H2,3-4H3. The van der Waals surface area contributed by atoms with E-state index >= 15 is 0 Å². The SMILES string of the molecule is C=CC(=O)SCC1=C(C)SC(CSC2CCC(SCC3SC(C)=C(CSC(=O)C=C)S3)CC2)S1. The third-order valence-electron chi connectivity index (χ3n) is 5.53. The molecule has 34 heavy (non-hydrogen) atoms. The third kappa shape index (κ3) is 9.76. The Morgan fingerprint density at radius 3 is 1.50 bits per heavy atom. The molecule has 1 saturated carbocycles. The molecular formula is C24H32O2S8. The monoisotopic (exact) mass is 608 g/mol. The number of carbonyl (C=O) groups excluding carboxylic acids is 2. The van der Waals surface area contributed by atoms with Crippen molar-refractivity contribution in [3.8, 4) is 0 Å². The van der Waals surface area contributed by atoms with Gasteiger partial charge in [-0.15, -0.1) is 47.0 Å². The molecule has 0 spiro atoms. The van der Waals surface area contributed by atoms with Crippen LogP contribution in [0.15, 0.2) is 44.9 Å². The molecule has 0 N–H and O–H groups in total. The molecule has 3 rings (SSSR count). The lowest BCUT2D eigenvalue weighted by atomic mass is 10.00. The zero-order valence-electron chi connectivity index (χ0n) is 19.6. The van der Waals surface area contributed by atoms with Crippen LogP contribution in [-0.2, 0) is 9.59 Å². The minimum atomic E-state index is 0.0642. The van der Waals surface area contributed by atoms with E-state index in [2.05, 4.69) is 50.5 Å². The van der Waals surface area contributed by atoms with E-state index in [0.717, 1.165) is 22.0 Å². The predicted molar refractivity (Wildman–Crippen MR) is 170 cm³/mol. The molecule has 1 aliphatic carbocycles. The highest BCUT2D eigenvalue weighted by Crippen LogP contribution is 2.50. The van der Waals surface area contributed by atoms with Crippen LogP contribution >= 0.6 is 94.1 Å². The first-order valence-corrected chi connectivity index (χ1v) is 18.8. The maximum Gasteiger partial charge on any atom is 0.211 e. The summed E-state index contributed by atoms with van der Waals surface area (Å²) in [6.07, 6.45) is 8.15. The van der Waals surface area contributed by atoms with E-state index in [9.17, 15) is 9.59 Å². The van der Waals surface area contributed by atoms with Crippen molar-refractivity contribution in [1.29, 1.82) is 0 Å². The number of hydrogen-bond acceptors (Lipinski definition) is 10. The minimum absolute atomic E-state index is 0.0642. The van der Waals surface area contributed by atoms with Crippen molar-refractivity contribution in [3.63, 3.8) is 0 Å². The highest BCUT2D eigenvalue weighted by atomic mass is 32.2. The van der Waals surface area contributed by atoms with E-state index in [-0.39, 0.29) is 10.2 Å². The van der Waals surface area contributed by atoms with Gasteiger partial charge in [0.25, 0.3) is 0 Å². The van der Waals surface area contributed by atoms with Gasteiger partial charge in [0.05, 0.1) is 9.16 Å². The molecule has 10 heteroatoms. The van der Waals surface area contributed by atoms with Crippen molar-refractivity contribution in [2.45, 2.75) is 59.2 Å². The number of allylic oxidation sites excluding steroid dienone is 2. The Morgan fingerprint density at radius 2 is 1.15 bits per heavy atom. The van der Waals surface area contributed by atoms with Gasteiger partial charge in [-0.2, -0.15) is 23.5 Å². The average molecular weight is 609 g/mol. The minimum Gasteiger partial charge on any atom is -0.282 e. The van der Waals surface area contributed by atoms with Gasteiger partial charge in [0.2, 0.25) is 10.2 Å². The van der Waals surface area contributed by atoms with Crippen molar-refractivity contribution in [3.05, 3.63) is 44.9 Å². The van der Waals surface area contributed by atoms with Crippen LogP contribution in [0.3, 0.4) is 0 Å². The number of thioether (sulfide) groups is 8. The molecule has 2 atom stereocenters. The highest BCUT2D eigenvalue weighted by Gasteiger charge is 2.29. The van der Waals surface area contributed by atoms with Crippen molar-refractivity contribution < 1.29 is 9.59 Å². The Kier molecular flexibility index (Phi) is 13.5. The van der Waals surface area contributed by atoms with Gasteiger partial charge < -0.3 is 0 Å². The van der Waals surface area contributed by atoms with E-state index in [4.69, 9.17) is 0 Å². The van der Waals surface area contributed by atoms with E-state index in [1.54, 1.807) is 0 Å². The summed E-state index contributed by atoms with van der Waals surface area (Å²) in [7, 11) is 0. The second kappa shape index (κ2) is 15.5. The summed E-state index contributed by atoms with van der Waals surface area (Å²) in [6, 6.07) is 0. The quantitative estimate of drug-likeness (QED) is 0.201. The Morgan fingerprint density at radius 1 is 0.765 bits per heavy atom. The molecule has 0 amide bonds. The van der Waals surface area contributed by atoms with Gasteiger partial charge in [0.15, 0.2) is 0 Å². The average Bonchev–Trinajstić information content (AvgIpc) is 3.39. The molecule has 0 aromatic rings. The van der Waals surface area contributed by atoms with Gasteiger partial charge >= 0.3 is 0 Å². The molecule has 1 fully saturated rings. The molecule has 3 aliphatic rings. The molecule has 2 unspecified atom stereocenters. The third-order valence-corrected chi connectivity index (χ3v) is 17.2. The summed E-state index contributed by atoms with van der Waals surface area (Å²) >= 11 is 15.0. The van der Waals surface area contributed by atoms with Crippen LogP contribution in [0.1, 0.15) is 39.5 Å². The molecule has 0 bridgehead atoms. The van der Waals surface area contributed by atoms with Crippen LogP contribution in [0.25, 0.3) is 0 Å². The topological polar surface area (TPSA) is 34.1 Å². The summed E-state index contributed by atoms with van der Waals surface area (Å²) in [4.78, 5) is 28.5. The van der Waals surface area contributed by atoms with E-state index in [1.165, 1.54) is 92.5 Å². The van der Waals surface area contributed by atoms with Crippen molar-refractivity contribution in [2.75, 3.05) is 23.0 Å². The molecule has 0 aromatic heterocycles. The van der Waals surface area contributed by atoms with Crippen LogP contribution in [0.4, 0.5) is 0 Å². The Labute approximate surface area is 239 Å². The fraction of sp³-hybridized carbons (Fsp3) is 0.583. The van der Waals surface area contributed by atoms with Gasteiger partial charge in [-0.3, -0.25) is 9.59 Å². The van der Waals surface area contributed by atoms with Crippen LogP contribution in [0.5, 0.6) is 0 Å². The van der Waals surface area contributed by atoms with Crippen LogP contribution < -0.4 is 0 Å². The van der Waals surface area contributed by atoms with Crippen LogP contribution in [-0.4, -0.2) is 52.9 Å². The largest absolute Gasteiger partial charge is 0.282 e. The van der Waals surface area contributed by atoms with E-state index < -0.39 is 0 Å². The molecule has 0 saturated heterocycles. The zero-order valence-corrected chi connectivity index (χ0v) is 26.1. The van der Waals surface area contributed by atoms with Gasteiger partial charge in [-0.05, 0) is 61.5 Å². The normalized spacial score (nSPS) is 27.4. The second-order valence-corrected chi connectivity index (χ2v) is 18.6. The lowest BCUT2D eigenvalue weighted by Gasteiger charge is -2.29. The number of hydrogen-bond donors (Lipinski definition) is 0. The maximum atomic E-state index is 11.5. The molecule has 2 nitrogen and oxygen atoms in total. The van der Waals surface area contributed by atoms with Gasteiger partial charge in [0, 0.05) is 43.3 Å². The molecule has 2 aliphatic heterocycles. The molecule has 0 aromatic carbocycles. The summed E-state index contributed by atoms with van der Waals surface area (Å²) in [5, 5.41) is 1.72. The summed E-state index contributed by atoms with van der Waals surface area (Å²) < 4.78 is 1.18. The van der Waals surface area contributed by atoms with Crippen molar-refractivity contribution >= 4 is 104 Å². The molecular weight excluding hydrogens is 577 g/mol. The maximum absolute atomic E-state index is 11.5. The number of rotatable bonds is 12. The first-order valence-electron chi connectivity index (χ1n) is 11.3. The van der Waals surface area contributed by atoms with Crippen LogP contribution in [0.2, 0.25) is 0 Å². The van der Waals surface area contributed by atoms with E-state index in [1.807, 2.05) is 47.0 Å². The van der Waals surface area contributed by atoms with Crippen LogP contribution in [0, 0.1) is 0 Å². The van der Waals surface area contributed by atoms with Gasteiger partial charge in [-0.1, -0.05) is 36.7 Å². The van der Waals surface area contributed by atoms with Crippen molar-refractivity contribution in [1.82, 2.24) is 0 Å². The zero-order chi connectivity index (χ0) is 24.5. The van der Waals surface area contributed by atoms with Crippen molar-refractivity contribution in [2.24, 2.45) is 0 Å². The Hall–Kier alpha value is 1.10. The molecule has 2 heterocycles. The fourth-order valence-corrected chi connectivity index (χ4v) is 14.7. The van der Waals surface area contributed by atoms with Gasteiger partial charge in [0.1, 0.15) is 0 Å². The number of carbonyl (C=O) groups is 2. The first kappa shape index (κ1) is 29.7. The second-order valence-electron chi connectivity index (χ2n) is 7.98. The van der Waals surface area contributed by atoms with Gasteiger partial charge in [-0.25, -0.2) is 0 Å². The fourth-order valence-electron chi connectivity index (χ4n) is 3.65. The highest BCUT2D eigenvalue weighted by molar-refractivity contribution is 8.26.